The van der Waals surface area contributed by atoms with Gasteiger partial charge in [0.25, 0.3) is 0 Å². The third-order valence-electron chi connectivity index (χ3n) is 2.74. The zero-order chi connectivity index (χ0) is 15.7. The van der Waals surface area contributed by atoms with E-state index in [0.717, 1.165) is 5.56 Å². The standard InChI is InChI=1S/C15H20N2O4.Na.H/c1-11(9-14(19)16-7-8-18)17-13(15(20)21)10-12-5-3-2-4-6-12;;/h2-6,9,13,17-18H,7-8,10H2,1H3,(H,16,19)(H,20,21);;/t13-;;/m0../s1. The van der Waals surface area contributed by atoms with Gasteiger partial charge in [-0.05, 0) is 12.5 Å². The molecule has 0 radical (unpaired) electrons. The number of aliphatic carboxylic acids is 1. The van der Waals surface area contributed by atoms with Crippen LogP contribution in [0.25, 0.3) is 0 Å². The van der Waals surface area contributed by atoms with Gasteiger partial charge in [-0.1, -0.05) is 30.3 Å². The van der Waals surface area contributed by atoms with Crippen molar-refractivity contribution in [2.75, 3.05) is 13.2 Å². The van der Waals surface area contributed by atoms with Crippen LogP contribution in [0.15, 0.2) is 42.1 Å². The molecule has 1 atom stereocenters. The first-order valence-corrected chi connectivity index (χ1v) is 6.63. The number of carboxylic acid groups (broad SMARTS) is 1. The Bertz CT molecular complexity index is 506. The molecular weight excluding hydrogens is 295 g/mol. The molecule has 0 spiro atoms. The van der Waals surface area contributed by atoms with Crippen LogP contribution >= 0.6 is 0 Å². The van der Waals surface area contributed by atoms with Crippen LogP contribution in [0.1, 0.15) is 12.5 Å². The maximum atomic E-state index is 11.4. The number of allylic oxidation sites excluding steroid dienone is 1. The molecular formula is C15H21N2NaO4. The average Bonchev–Trinajstić information content (AvgIpc) is 2.45. The van der Waals surface area contributed by atoms with E-state index in [-0.39, 0.29) is 48.6 Å². The summed E-state index contributed by atoms with van der Waals surface area (Å²) in [6.45, 7) is 1.65. The van der Waals surface area contributed by atoms with Crippen molar-refractivity contribution in [1.82, 2.24) is 10.6 Å². The van der Waals surface area contributed by atoms with Crippen molar-refractivity contribution >= 4 is 41.4 Å². The fourth-order valence-corrected chi connectivity index (χ4v) is 1.79. The van der Waals surface area contributed by atoms with E-state index in [2.05, 4.69) is 10.6 Å². The topological polar surface area (TPSA) is 98.7 Å². The molecule has 0 fully saturated rings. The molecule has 7 heteroatoms. The molecule has 4 N–H and O–H groups in total. The van der Waals surface area contributed by atoms with E-state index in [0.29, 0.717) is 12.1 Å². The molecule has 1 rings (SSSR count). The Morgan fingerprint density at radius 1 is 1.27 bits per heavy atom. The predicted molar refractivity (Wildman–Crippen MR) is 85.7 cm³/mol. The quantitative estimate of drug-likeness (QED) is 0.388. The van der Waals surface area contributed by atoms with Crippen LogP contribution in [0.3, 0.4) is 0 Å². The number of amides is 1. The van der Waals surface area contributed by atoms with E-state index >= 15 is 0 Å². The zero-order valence-corrected chi connectivity index (χ0v) is 11.9. The fourth-order valence-electron chi connectivity index (χ4n) is 1.79. The number of aliphatic hydroxyl groups excluding tert-OH is 1. The van der Waals surface area contributed by atoms with Crippen LogP contribution < -0.4 is 10.6 Å². The Kier molecular flexibility index (Phi) is 10.6. The summed E-state index contributed by atoms with van der Waals surface area (Å²) >= 11 is 0. The molecule has 0 aliphatic heterocycles. The molecule has 0 bridgehead atoms. The summed E-state index contributed by atoms with van der Waals surface area (Å²) in [6, 6.07) is 8.45. The minimum absolute atomic E-state index is 0. The minimum atomic E-state index is -0.984. The van der Waals surface area contributed by atoms with Crippen molar-refractivity contribution in [2.24, 2.45) is 0 Å². The number of nitrogens with one attached hydrogen (secondary N) is 2. The SMILES string of the molecule is CC(=CC(=O)NCCO)N[C@@H](Cc1ccccc1)C(=O)O.[NaH]. The van der Waals surface area contributed by atoms with Gasteiger partial charge >= 0.3 is 35.5 Å². The zero-order valence-electron chi connectivity index (χ0n) is 11.9. The van der Waals surface area contributed by atoms with E-state index in [1.807, 2.05) is 30.3 Å². The van der Waals surface area contributed by atoms with Gasteiger partial charge in [0.1, 0.15) is 6.04 Å². The normalized spacial score (nSPS) is 12.0. The first-order valence-electron chi connectivity index (χ1n) is 6.63. The van der Waals surface area contributed by atoms with Crippen LogP contribution in [0, 0.1) is 0 Å². The van der Waals surface area contributed by atoms with Crippen LogP contribution in [-0.4, -0.2) is 70.8 Å². The number of carbonyl (C=O) groups excluding carboxylic acids is 1. The monoisotopic (exact) mass is 316 g/mol. The number of hydrogen-bond acceptors (Lipinski definition) is 4. The van der Waals surface area contributed by atoms with Crippen LogP contribution in [0.5, 0.6) is 0 Å². The molecule has 0 aromatic heterocycles. The molecule has 0 unspecified atom stereocenters. The van der Waals surface area contributed by atoms with Crippen molar-refractivity contribution in [1.29, 1.82) is 0 Å². The summed E-state index contributed by atoms with van der Waals surface area (Å²) in [7, 11) is 0. The molecule has 0 aliphatic rings. The molecule has 0 saturated carbocycles. The van der Waals surface area contributed by atoms with E-state index < -0.39 is 12.0 Å². The second kappa shape index (κ2) is 11.3. The van der Waals surface area contributed by atoms with Gasteiger partial charge in [0, 0.05) is 24.7 Å². The third-order valence-corrected chi connectivity index (χ3v) is 2.74. The van der Waals surface area contributed by atoms with E-state index in [4.69, 9.17) is 5.11 Å². The maximum absolute atomic E-state index is 11.4. The van der Waals surface area contributed by atoms with Gasteiger partial charge in [-0.15, -0.1) is 0 Å². The summed E-state index contributed by atoms with van der Waals surface area (Å²) in [5.74, 6) is -1.36. The third kappa shape index (κ3) is 8.19. The Hall–Kier alpha value is -1.34. The predicted octanol–water partition coefficient (Wildman–Crippen LogP) is -0.364. The Morgan fingerprint density at radius 2 is 1.91 bits per heavy atom. The van der Waals surface area contributed by atoms with Crippen molar-refractivity contribution in [3.8, 4) is 0 Å². The molecule has 1 amide bonds. The molecule has 1 aromatic carbocycles. The summed E-state index contributed by atoms with van der Waals surface area (Å²) in [5.41, 5.74) is 1.35. The molecule has 0 saturated heterocycles. The van der Waals surface area contributed by atoms with Gasteiger partial charge in [-0.25, -0.2) is 4.79 Å². The van der Waals surface area contributed by atoms with Gasteiger partial charge in [0.15, 0.2) is 0 Å². The number of benzene rings is 1. The summed E-state index contributed by atoms with van der Waals surface area (Å²) in [4.78, 5) is 22.7. The average molecular weight is 316 g/mol. The van der Waals surface area contributed by atoms with Crippen LogP contribution in [0.2, 0.25) is 0 Å². The van der Waals surface area contributed by atoms with Crippen molar-refractivity contribution in [3.05, 3.63) is 47.7 Å². The summed E-state index contributed by atoms with van der Waals surface area (Å²) < 4.78 is 0. The van der Waals surface area contributed by atoms with Gasteiger partial charge in [0.2, 0.25) is 5.91 Å². The van der Waals surface area contributed by atoms with Gasteiger partial charge in [-0.2, -0.15) is 0 Å². The number of carbonyl (C=O) groups is 2. The summed E-state index contributed by atoms with van der Waals surface area (Å²) in [6.07, 6.45) is 1.59. The van der Waals surface area contributed by atoms with Crippen molar-refractivity contribution in [2.45, 2.75) is 19.4 Å². The number of carboxylic acids is 1. The van der Waals surface area contributed by atoms with Gasteiger partial charge in [0.05, 0.1) is 6.61 Å². The first kappa shape index (κ1) is 20.7. The molecule has 0 heterocycles. The number of aliphatic hydroxyl groups is 1. The second-order valence-corrected chi connectivity index (χ2v) is 4.57. The number of hydrogen-bond donors (Lipinski definition) is 4. The molecule has 6 nitrogen and oxygen atoms in total. The number of rotatable bonds is 8. The Morgan fingerprint density at radius 3 is 2.45 bits per heavy atom. The van der Waals surface area contributed by atoms with E-state index in [9.17, 15) is 14.7 Å². The Labute approximate surface area is 151 Å². The van der Waals surface area contributed by atoms with Crippen molar-refractivity contribution < 1.29 is 19.8 Å². The van der Waals surface area contributed by atoms with Crippen molar-refractivity contribution in [3.63, 3.8) is 0 Å². The van der Waals surface area contributed by atoms with Gasteiger partial charge < -0.3 is 20.8 Å². The Balaban J connectivity index is 0.00000441. The van der Waals surface area contributed by atoms with E-state index in [1.54, 1.807) is 6.92 Å². The molecule has 0 aliphatic carbocycles. The second-order valence-electron chi connectivity index (χ2n) is 4.57. The first-order chi connectivity index (χ1) is 10.0. The summed E-state index contributed by atoms with van der Waals surface area (Å²) in [5, 5.41) is 23.1. The molecule has 22 heavy (non-hydrogen) atoms. The van der Waals surface area contributed by atoms with Crippen LogP contribution in [0.4, 0.5) is 0 Å². The molecule has 1 aromatic rings. The van der Waals surface area contributed by atoms with Gasteiger partial charge in [-0.3, -0.25) is 4.79 Å². The fraction of sp³-hybridized carbons (Fsp3) is 0.333. The van der Waals surface area contributed by atoms with E-state index in [1.165, 1.54) is 6.08 Å². The molecule has 116 valence electrons. The van der Waals surface area contributed by atoms with Crippen LogP contribution in [-0.2, 0) is 16.0 Å².